The molecule has 9 heteroatoms. The first kappa shape index (κ1) is 23.8. The summed E-state index contributed by atoms with van der Waals surface area (Å²) in [6.45, 7) is 9.20. The minimum absolute atomic E-state index is 0.243. The quantitative estimate of drug-likeness (QED) is 0.240. The Morgan fingerprint density at radius 2 is 1.91 bits per heavy atom. The molecule has 1 amide bonds. The number of rotatable bonds is 7. The summed E-state index contributed by atoms with van der Waals surface area (Å²) in [4.78, 5) is 26.9. The monoisotopic (exact) mass is 473 g/mol. The first-order valence-electron chi connectivity index (χ1n) is 11.2. The number of aliphatic hydroxyl groups excluding tert-OH is 1. The zero-order valence-electron chi connectivity index (χ0n) is 19.5. The summed E-state index contributed by atoms with van der Waals surface area (Å²) in [6, 6.07) is 8.43. The highest BCUT2D eigenvalue weighted by molar-refractivity contribution is 6.69. The van der Waals surface area contributed by atoms with E-state index in [2.05, 4.69) is 5.32 Å². The molecule has 3 heterocycles. The number of nitrogens with one attached hydrogen (secondary N) is 1. The number of ketones is 1. The van der Waals surface area contributed by atoms with E-state index in [0.717, 1.165) is 6.42 Å². The molecule has 33 heavy (non-hydrogen) atoms. The number of Topliss-reactive ketones (excluding diaryl/α,β-unsaturated/α-hetero) is 1. The first-order valence-corrected chi connectivity index (χ1v) is 14.6. The average Bonchev–Trinajstić information content (AvgIpc) is 3.44. The Balaban J connectivity index is 1.74. The van der Waals surface area contributed by atoms with Crippen molar-refractivity contribution in [1.29, 1.82) is 0 Å². The van der Waals surface area contributed by atoms with Gasteiger partial charge in [-0.3, -0.25) is 9.59 Å². The molecule has 0 aromatic heterocycles. The van der Waals surface area contributed by atoms with Gasteiger partial charge in [0.25, 0.3) is 11.5 Å². The number of ether oxygens (including phenoxy) is 2. The lowest BCUT2D eigenvalue weighted by molar-refractivity contribution is -0.179. The number of benzene rings is 1. The maximum absolute atomic E-state index is 13.6. The summed E-state index contributed by atoms with van der Waals surface area (Å²) in [5, 5.41) is 25.3. The fourth-order valence-electron chi connectivity index (χ4n) is 4.43. The number of carbonyl (C=O) groups is 2. The van der Waals surface area contributed by atoms with Crippen LogP contribution in [0, 0.1) is 0 Å². The minimum atomic E-state index is -2.45. The predicted octanol–water partition coefficient (Wildman–Crippen LogP) is 2.10. The highest BCUT2D eigenvalue weighted by atomic mass is 28.4. The summed E-state index contributed by atoms with van der Waals surface area (Å²) >= 11 is 0. The third-order valence-corrected chi connectivity index (χ3v) is 7.03. The Hall–Kier alpha value is -2.30. The lowest BCUT2D eigenvalue weighted by Crippen LogP contribution is -2.62. The molecule has 1 spiro atoms. The molecule has 3 aliphatic rings. The molecule has 178 valence electrons. The van der Waals surface area contributed by atoms with Crippen molar-refractivity contribution in [3.05, 3.63) is 59.4 Å². The van der Waals surface area contributed by atoms with Crippen LogP contribution in [0.15, 0.2) is 53.8 Å². The average molecular weight is 474 g/mol. The molecule has 1 aromatic carbocycles. The summed E-state index contributed by atoms with van der Waals surface area (Å²) < 4.78 is 18.0. The van der Waals surface area contributed by atoms with Crippen LogP contribution in [0.25, 0.3) is 0 Å². The maximum atomic E-state index is 13.6. The van der Waals surface area contributed by atoms with Crippen molar-refractivity contribution < 1.29 is 33.7 Å². The van der Waals surface area contributed by atoms with Gasteiger partial charge in [-0.05, 0) is 38.5 Å². The number of epoxide rings is 1. The molecule has 0 radical (unpaired) electrons. The topological polar surface area (TPSA) is 118 Å². The van der Waals surface area contributed by atoms with E-state index in [-0.39, 0.29) is 17.4 Å². The summed E-state index contributed by atoms with van der Waals surface area (Å²) in [7, 11) is -2.45. The van der Waals surface area contributed by atoms with Gasteiger partial charge in [0.05, 0.1) is 0 Å². The van der Waals surface area contributed by atoms with E-state index in [1.165, 1.54) is 0 Å². The zero-order chi connectivity index (χ0) is 24.2. The van der Waals surface area contributed by atoms with Gasteiger partial charge in [0.2, 0.25) is 5.78 Å². The Morgan fingerprint density at radius 1 is 1.24 bits per heavy atom. The Labute approximate surface area is 194 Å². The van der Waals surface area contributed by atoms with Crippen LogP contribution in [-0.2, 0) is 23.5 Å². The fourth-order valence-corrected chi connectivity index (χ4v) is 5.48. The van der Waals surface area contributed by atoms with Gasteiger partial charge in [0, 0.05) is 5.57 Å². The van der Waals surface area contributed by atoms with Crippen LogP contribution in [0.2, 0.25) is 19.6 Å². The second-order valence-corrected chi connectivity index (χ2v) is 14.2. The van der Waals surface area contributed by atoms with Gasteiger partial charge in [-0.1, -0.05) is 49.4 Å². The largest absolute Gasteiger partial charge is 0.467 e. The van der Waals surface area contributed by atoms with Crippen LogP contribution in [-0.4, -0.2) is 59.9 Å². The number of amides is 1. The molecule has 1 unspecified atom stereocenters. The van der Waals surface area contributed by atoms with Crippen molar-refractivity contribution in [2.75, 3.05) is 0 Å². The van der Waals surface area contributed by atoms with E-state index >= 15 is 0 Å². The number of carbonyl (C=O) groups excluding carboxylic acids is 2. The van der Waals surface area contributed by atoms with Crippen molar-refractivity contribution in [2.24, 2.45) is 0 Å². The van der Waals surface area contributed by atoms with Crippen molar-refractivity contribution >= 4 is 20.0 Å². The standard InChI is InChI=1S/C24H31NO7Si/c1-6-7-13-16-18(30-16)17-14(2)19(26)23(31-17)21(32-33(3,4)5)24(29,25-22(23)28)20(27)15-11-9-8-10-12-15/h7-13,16,18,20-21,27,29H,6H2,1-5H3,(H,25,28)/b13-7-/t16-,18-,20?,21-,23-,24-/m1/s1. The van der Waals surface area contributed by atoms with Crippen LogP contribution in [0.1, 0.15) is 31.9 Å². The Morgan fingerprint density at radius 3 is 2.52 bits per heavy atom. The Bertz CT molecular complexity index is 1020. The highest BCUT2D eigenvalue weighted by Crippen LogP contribution is 2.50. The second kappa shape index (κ2) is 8.17. The number of allylic oxidation sites excluding steroid dienone is 1. The van der Waals surface area contributed by atoms with Crippen molar-refractivity contribution in [3.63, 3.8) is 0 Å². The van der Waals surface area contributed by atoms with E-state index in [0.29, 0.717) is 5.56 Å². The molecule has 3 aliphatic heterocycles. The van der Waals surface area contributed by atoms with Crippen molar-refractivity contribution in [3.8, 4) is 0 Å². The van der Waals surface area contributed by atoms with Crippen LogP contribution >= 0.6 is 0 Å². The van der Waals surface area contributed by atoms with Crippen LogP contribution in [0.5, 0.6) is 0 Å². The number of aliphatic hydroxyl groups is 2. The van der Waals surface area contributed by atoms with Gasteiger partial charge in [0.1, 0.15) is 24.1 Å². The zero-order valence-corrected chi connectivity index (χ0v) is 20.5. The molecule has 6 atom stereocenters. The molecule has 2 saturated heterocycles. The molecule has 0 bridgehead atoms. The summed E-state index contributed by atoms with van der Waals surface area (Å²) in [5.41, 5.74) is -3.80. The normalized spacial score (nSPS) is 34.8. The van der Waals surface area contributed by atoms with Gasteiger partial charge in [0.15, 0.2) is 20.1 Å². The van der Waals surface area contributed by atoms with Crippen molar-refractivity contribution in [1.82, 2.24) is 5.32 Å². The smallest absolute Gasteiger partial charge is 0.277 e. The number of hydrogen-bond donors (Lipinski definition) is 3. The van der Waals surface area contributed by atoms with Gasteiger partial charge < -0.3 is 29.4 Å². The Kier molecular flexibility index (Phi) is 5.91. The SMILES string of the molecule is CC/C=C\[C@H]1O[C@H]1C1=C(C)C(=O)[C@]2(O1)C(=O)N[C@@](O)(C(O)c1ccccc1)[C@@H]2O[Si](C)(C)C. The molecule has 2 fully saturated rings. The first-order chi connectivity index (χ1) is 15.5. The molecule has 8 nitrogen and oxygen atoms in total. The van der Waals surface area contributed by atoms with Gasteiger partial charge in [-0.15, -0.1) is 0 Å². The molecular weight excluding hydrogens is 442 g/mol. The molecule has 4 rings (SSSR count). The molecule has 0 aliphatic carbocycles. The van der Waals surface area contributed by atoms with Crippen molar-refractivity contribution in [2.45, 2.75) is 75.7 Å². The summed E-state index contributed by atoms with van der Waals surface area (Å²) in [5.74, 6) is -1.17. The number of hydrogen-bond acceptors (Lipinski definition) is 7. The van der Waals surface area contributed by atoms with Crippen LogP contribution in [0.3, 0.4) is 0 Å². The van der Waals surface area contributed by atoms with E-state index in [1.54, 1.807) is 37.3 Å². The molecule has 0 saturated carbocycles. The minimum Gasteiger partial charge on any atom is -0.467 e. The third kappa shape index (κ3) is 3.87. The fraction of sp³-hybridized carbons (Fsp3) is 0.500. The molecule has 1 aromatic rings. The highest BCUT2D eigenvalue weighted by Gasteiger charge is 2.75. The van der Waals surface area contributed by atoms with E-state index < -0.39 is 49.6 Å². The van der Waals surface area contributed by atoms with Crippen LogP contribution in [0.4, 0.5) is 0 Å². The summed E-state index contributed by atoms with van der Waals surface area (Å²) in [6.07, 6.45) is 0.944. The lowest BCUT2D eigenvalue weighted by atomic mass is 9.84. The third-order valence-electron chi connectivity index (χ3n) is 6.09. The van der Waals surface area contributed by atoms with E-state index in [4.69, 9.17) is 13.9 Å². The van der Waals surface area contributed by atoms with Gasteiger partial charge in [-0.2, -0.15) is 0 Å². The van der Waals surface area contributed by atoms with Crippen LogP contribution < -0.4 is 5.32 Å². The van der Waals surface area contributed by atoms with E-state index in [1.807, 2.05) is 38.7 Å². The predicted molar refractivity (Wildman–Crippen MR) is 122 cm³/mol. The lowest BCUT2D eigenvalue weighted by Gasteiger charge is -2.40. The molecular formula is C24H31NO7Si. The maximum Gasteiger partial charge on any atom is 0.277 e. The van der Waals surface area contributed by atoms with Gasteiger partial charge >= 0.3 is 0 Å². The second-order valence-electron chi connectivity index (χ2n) is 9.72. The molecule has 3 N–H and O–H groups in total. The van der Waals surface area contributed by atoms with Gasteiger partial charge in [-0.25, -0.2) is 0 Å². The van der Waals surface area contributed by atoms with E-state index in [9.17, 15) is 19.8 Å².